The van der Waals surface area contributed by atoms with Gasteiger partial charge < -0.3 is 8.92 Å². The standard InChI is InChI=1S/C15H13Cl2NO5S/c1-2-22-15(19)18-10-5-3-6-11(9-10)23-24(20,21)13-8-4-7-12(16)14(13)17/h3-9H,2H2,1H3,(H,18,19). The molecule has 9 heteroatoms. The van der Waals surface area contributed by atoms with Crippen LogP contribution in [0.4, 0.5) is 10.5 Å². The van der Waals surface area contributed by atoms with Crippen LogP contribution >= 0.6 is 23.2 Å². The molecule has 0 spiro atoms. The first kappa shape index (κ1) is 18.4. The minimum Gasteiger partial charge on any atom is -0.450 e. The highest BCUT2D eigenvalue weighted by Crippen LogP contribution is 2.31. The van der Waals surface area contributed by atoms with Crippen molar-refractivity contribution in [2.75, 3.05) is 11.9 Å². The maximum Gasteiger partial charge on any atom is 0.411 e. The van der Waals surface area contributed by atoms with Crippen molar-refractivity contribution in [2.24, 2.45) is 0 Å². The van der Waals surface area contributed by atoms with E-state index in [2.05, 4.69) is 5.32 Å². The fraction of sp³-hybridized carbons (Fsp3) is 0.133. The van der Waals surface area contributed by atoms with Crippen LogP contribution in [0.1, 0.15) is 6.92 Å². The largest absolute Gasteiger partial charge is 0.450 e. The quantitative estimate of drug-likeness (QED) is 0.769. The van der Waals surface area contributed by atoms with E-state index in [1.807, 2.05) is 0 Å². The highest BCUT2D eigenvalue weighted by molar-refractivity contribution is 7.87. The minimum absolute atomic E-state index is 0.000315. The maximum atomic E-state index is 12.3. The van der Waals surface area contributed by atoms with Crippen LogP contribution in [-0.4, -0.2) is 21.1 Å². The summed E-state index contributed by atoms with van der Waals surface area (Å²) in [5.41, 5.74) is 0.318. The lowest BCUT2D eigenvalue weighted by atomic mass is 10.3. The van der Waals surface area contributed by atoms with E-state index in [1.54, 1.807) is 13.0 Å². The van der Waals surface area contributed by atoms with E-state index >= 15 is 0 Å². The molecule has 0 saturated heterocycles. The lowest BCUT2D eigenvalue weighted by molar-refractivity contribution is 0.168. The van der Waals surface area contributed by atoms with E-state index in [4.69, 9.17) is 32.1 Å². The second kappa shape index (κ2) is 7.74. The maximum absolute atomic E-state index is 12.3. The van der Waals surface area contributed by atoms with Crippen LogP contribution in [0.3, 0.4) is 0 Å². The average molecular weight is 390 g/mol. The smallest absolute Gasteiger partial charge is 0.411 e. The van der Waals surface area contributed by atoms with Crippen LogP contribution in [0, 0.1) is 0 Å². The molecule has 0 heterocycles. The van der Waals surface area contributed by atoms with Crippen LogP contribution in [0.15, 0.2) is 47.4 Å². The highest BCUT2D eigenvalue weighted by atomic mass is 35.5. The van der Waals surface area contributed by atoms with Crippen LogP contribution < -0.4 is 9.50 Å². The summed E-state index contributed by atoms with van der Waals surface area (Å²) in [4.78, 5) is 11.1. The lowest BCUT2D eigenvalue weighted by Crippen LogP contribution is -2.14. The van der Waals surface area contributed by atoms with Crippen LogP contribution in [0.5, 0.6) is 5.75 Å². The molecule has 24 heavy (non-hydrogen) atoms. The summed E-state index contributed by atoms with van der Waals surface area (Å²) in [6.45, 7) is 1.88. The first-order valence-electron chi connectivity index (χ1n) is 6.76. The molecular formula is C15H13Cl2NO5S. The summed E-state index contributed by atoms with van der Waals surface area (Å²) in [6.07, 6.45) is -0.657. The van der Waals surface area contributed by atoms with Crippen molar-refractivity contribution in [3.05, 3.63) is 52.5 Å². The lowest BCUT2D eigenvalue weighted by Gasteiger charge is -2.10. The van der Waals surface area contributed by atoms with Gasteiger partial charge in [-0.05, 0) is 31.2 Å². The summed E-state index contributed by atoms with van der Waals surface area (Å²) in [5, 5.41) is 2.42. The number of benzene rings is 2. The molecular weight excluding hydrogens is 377 g/mol. The number of carbonyl (C=O) groups excluding carboxylic acids is 1. The van der Waals surface area contributed by atoms with Crippen LogP contribution in [0.25, 0.3) is 0 Å². The third-order valence-electron chi connectivity index (χ3n) is 2.75. The molecule has 0 atom stereocenters. The summed E-state index contributed by atoms with van der Waals surface area (Å²) in [6, 6.07) is 10.0. The van der Waals surface area contributed by atoms with Gasteiger partial charge in [-0.1, -0.05) is 35.3 Å². The molecule has 1 N–H and O–H groups in total. The van der Waals surface area contributed by atoms with Crippen molar-refractivity contribution in [1.82, 2.24) is 0 Å². The Labute approximate surface area is 149 Å². The van der Waals surface area contributed by atoms with Crippen molar-refractivity contribution in [3.8, 4) is 5.75 Å². The molecule has 2 aromatic rings. The predicted octanol–water partition coefficient (Wildman–Crippen LogP) is 4.33. The zero-order valence-electron chi connectivity index (χ0n) is 12.5. The molecule has 6 nitrogen and oxygen atoms in total. The van der Waals surface area contributed by atoms with Crippen molar-refractivity contribution < 1.29 is 22.1 Å². The summed E-state index contributed by atoms with van der Waals surface area (Å²) < 4.78 is 34.5. The normalized spacial score (nSPS) is 11.0. The SMILES string of the molecule is CCOC(=O)Nc1cccc(OS(=O)(=O)c2cccc(Cl)c2Cl)c1. The van der Waals surface area contributed by atoms with Gasteiger partial charge in [0, 0.05) is 11.8 Å². The van der Waals surface area contributed by atoms with Gasteiger partial charge in [-0.25, -0.2) is 4.79 Å². The second-order valence-electron chi connectivity index (χ2n) is 4.46. The highest BCUT2D eigenvalue weighted by Gasteiger charge is 2.22. The fourth-order valence-electron chi connectivity index (χ4n) is 1.76. The van der Waals surface area contributed by atoms with Gasteiger partial charge in [0.1, 0.15) is 10.6 Å². The summed E-state index contributed by atoms with van der Waals surface area (Å²) in [5.74, 6) is 0.000315. The number of halogens is 2. The van der Waals surface area contributed by atoms with Gasteiger partial charge in [0.05, 0.1) is 16.7 Å². The van der Waals surface area contributed by atoms with Crippen molar-refractivity contribution >= 4 is 45.1 Å². The molecule has 1 amide bonds. The first-order valence-corrected chi connectivity index (χ1v) is 8.92. The van der Waals surface area contributed by atoms with Crippen molar-refractivity contribution in [3.63, 3.8) is 0 Å². The Kier molecular flexibility index (Phi) is 5.93. The number of carbonyl (C=O) groups is 1. The molecule has 0 fully saturated rings. The monoisotopic (exact) mass is 389 g/mol. The van der Waals surface area contributed by atoms with Gasteiger partial charge in [0.15, 0.2) is 0 Å². The number of amides is 1. The molecule has 0 saturated carbocycles. The van der Waals surface area contributed by atoms with Crippen LogP contribution in [-0.2, 0) is 14.9 Å². The minimum atomic E-state index is -4.18. The Morgan fingerprint density at radius 3 is 2.58 bits per heavy atom. The van der Waals surface area contributed by atoms with Gasteiger partial charge in [0.2, 0.25) is 0 Å². The Morgan fingerprint density at radius 1 is 1.17 bits per heavy atom. The number of rotatable bonds is 5. The van der Waals surface area contributed by atoms with E-state index in [0.717, 1.165) is 0 Å². The van der Waals surface area contributed by atoms with E-state index in [1.165, 1.54) is 36.4 Å². The molecule has 0 aliphatic heterocycles. The molecule has 2 rings (SSSR count). The number of hydrogen-bond donors (Lipinski definition) is 1. The van der Waals surface area contributed by atoms with E-state index < -0.39 is 16.2 Å². The molecule has 2 aromatic carbocycles. The van der Waals surface area contributed by atoms with Gasteiger partial charge >= 0.3 is 16.2 Å². The number of hydrogen-bond acceptors (Lipinski definition) is 5. The zero-order chi connectivity index (χ0) is 17.7. The van der Waals surface area contributed by atoms with Gasteiger partial charge in [-0.15, -0.1) is 0 Å². The molecule has 0 aliphatic rings. The molecule has 0 aromatic heterocycles. The third kappa shape index (κ3) is 4.53. The number of nitrogens with one attached hydrogen (secondary N) is 1. The third-order valence-corrected chi connectivity index (χ3v) is 4.97. The molecule has 0 bridgehead atoms. The van der Waals surface area contributed by atoms with E-state index in [0.29, 0.717) is 5.69 Å². The van der Waals surface area contributed by atoms with Crippen molar-refractivity contribution in [2.45, 2.75) is 11.8 Å². The number of anilines is 1. The molecule has 128 valence electrons. The topological polar surface area (TPSA) is 81.7 Å². The van der Waals surface area contributed by atoms with Crippen LogP contribution in [0.2, 0.25) is 10.0 Å². The van der Waals surface area contributed by atoms with Crippen molar-refractivity contribution in [1.29, 1.82) is 0 Å². The number of ether oxygens (including phenoxy) is 1. The van der Waals surface area contributed by atoms with E-state index in [9.17, 15) is 13.2 Å². The first-order chi connectivity index (χ1) is 11.3. The summed E-state index contributed by atoms with van der Waals surface area (Å²) in [7, 11) is -4.18. The van der Waals surface area contributed by atoms with Gasteiger partial charge in [-0.2, -0.15) is 8.42 Å². The van der Waals surface area contributed by atoms with Gasteiger partial charge in [-0.3, -0.25) is 5.32 Å². The molecule has 0 aliphatic carbocycles. The Hall–Kier alpha value is -1.96. The van der Waals surface area contributed by atoms with E-state index in [-0.39, 0.29) is 27.3 Å². The fourth-order valence-corrected chi connectivity index (χ4v) is 3.42. The van der Waals surface area contributed by atoms with Gasteiger partial charge in [0.25, 0.3) is 0 Å². The Balaban J connectivity index is 2.24. The predicted molar refractivity (Wildman–Crippen MR) is 91.4 cm³/mol. The second-order valence-corrected chi connectivity index (χ2v) is 6.76. The zero-order valence-corrected chi connectivity index (χ0v) is 14.8. The Morgan fingerprint density at radius 2 is 1.88 bits per heavy atom. The Bertz CT molecular complexity index is 855. The molecule has 0 radical (unpaired) electrons. The summed E-state index contributed by atoms with van der Waals surface area (Å²) >= 11 is 11.7. The molecule has 0 unspecified atom stereocenters. The average Bonchev–Trinajstić information content (AvgIpc) is 2.50.